The number of rotatable bonds is 5. The number of halogens is 1. The first-order valence-electron chi connectivity index (χ1n) is 14.6. The Bertz CT molecular complexity index is 1410. The van der Waals surface area contributed by atoms with Gasteiger partial charge >= 0.3 is 5.97 Å². The van der Waals surface area contributed by atoms with E-state index in [0.29, 0.717) is 22.7 Å². The van der Waals surface area contributed by atoms with Gasteiger partial charge in [-0.25, -0.2) is 0 Å². The third-order valence-electron chi connectivity index (χ3n) is 9.15. The van der Waals surface area contributed by atoms with Crippen molar-refractivity contribution in [1.29, 1.82) is 0 Å². The van der Waals surface area contributed by atoms with Crippen LogP contribution in [0.5, 0.6) is 0 Å². The van der Waals surface area contributed by atoms with E-state index in [2.05, 4.69) is 0 Å². The Morgan fingerprint density at radius 3 is 2.45 bits per heavy atom. The van der Waals surface area contributed by atoms with Gasteiger partial charge in [0.2, 0.25) is 5.91 Å². The number of ether oxygens (including phenoxy) is 2. The van der Waals surface area contributed by atoms with Crippen LogP contribution < -0.4 is 4.90 Å². The molecule has 2 saturated heterocycles. The largest absolute Gasteiger partial charge is 0.465 e. The molecule has 9 heteroatoms. The minimum atomic E-state index is -1.46. The molecule has 1 unspecified atom stereocenters. The van der Waals surface area contributed by atoms with Crippen molar-refractivity contribution in [3.8, 4) is 0 Å². The van der Waals surface area contributed by atoms with E-state index in [9.17, 15) is 19.5 Å². The van der Waals surface area contributed by atoms with Crippen LogP contribution in [-0.2, 0) is 23.9 Å². The molecule has 2 amide bonds. The summed E-state index contributed by atoms with van der Waals surface area (Å²) in [5.74, 6) is -3.27. The number of allylic oxidation sites excluding steroid dienone is 1. The monoisotopic (exact) mass is 590 g/mol. The predicted octanol–water partition coefficient (Wildman–Crippen LogP) is 4.62. The number of hydrogen-bond acceptors (Lipinski definition) is 6. The van der Waals surface area contributed by atoms with Crippen molar-refractivity contribution in [3.63, 3.8) is 0 Å². The third kappa shape index (κ3) is 4.48. The van der Waals surface area contributed by atoms with Crippen LogP contribution in [0.1, 0.15) is 44.2 Å². The Hall–Kier alpha value is -3.46. The topological polar surface area (TPSA) is 96.4 Å². The van der Waals surface area contributed by atoms with E-state index in [1.165, 1.54) is 4.90 Å². The van der Waals surface area contributed by atoms with Crippen LogP contribution >= 0.6 is 11.6 Å². The van der Waals surface area contributed by atoms with E-state index < -0.39 is 53.6 Å². The van der Waals surface area contributed by atoms with E-state index in [1.54, 1.807) is 35.2 Å². The van der Waals surface area contributed by atoms with Gasteiger partial charge in [-0.1, -0.05) is 73.2 Å². The minimum Gasteiger partial charge on any atom is -0.465 e. The summed E-state index contributed by atoms with van der Waals surface area (Å²) >= 11 is 6.15. The zero-order valence-electron chi connectivity index (χ0n) is 23.5. The highest BCUT2D eigenvalue weighted by atomic mass is 35.5. The second-order valence-electron chi connectivity index (χ2n) is 11.4. The number of esters is 1. The summed E-state index contributed by atoms with van der Waals surface area (Å²) < 4.78 is 12.8. The molecule has 8 nitrogen and oxygen atoms in total. The van der Waals surface area contributed by atoms with Crippen molar-refractivity contribution in [2.24, 2.45) is 11.8 Å². The average molecular weight is 591 g/mol. The van der Waals surface area contributed by atoms with Crippen molar-refractivity contribution in [1.82, 2.24) is 4.90 Å². The van der Waals surface area contributed by atoms with Crippen LogP contribution in [0.3, 0.4) is 0 Å². The van der Waals surface area contributed by atoms with Crippen molar-refractivity contribution in [2.75, 3.05) is 24.7 Å². The lowest BCUT2D eigenvalue weighted by Crippen LogP contribution is -2.57. The lowest BCUT2D eigenvalue weighted by molar-refractivity contribution is -0.161. The van der Waals surface area contributed by atoms with Gasteiger partial charge in [-0.3, -0.25) is 14.4 Å². The Morgan fingerprint density at radius 2 is 1.74 bits per heavy atom. The fourth-order valence-corrected chi connectivity index (χ4v) is 7.32. The number of amides is 2. The summed E-state index contributed by atoms with van der Waals surface area (Å²) in [7, 11) is 0. The molecule has 2 aromatic rings. The fraction of sp³-hybridized carbons (Fsp3) is 0.424. The zero-order chi connectivity index (χ0) is 29.5. The maximum Gasteiger partial charge on any atom is 0.313 e. The van der Waals surface area contributed by atoms with Crippen molar-refractivity contribution in [3.05, 3.63) is 89.5 Å². The number of hydrogen-bond donors (Lipinski definition) is 1. The van der Waals surface area contributed by atoms with Gasteiger partial charge in [-0.15, -0.1) is 0 Å². The van der Waals surface area contributed by atoms with Crippen LogP contribution in [0.4, 0.5) is 5.69 Å². The molecule has 4 heterocycles. The number of nitrogens with zero attached hydrogens (tertiary/aromatic N) is 2. The van der Waals surface area contributed by atoms with Gasteiger partial charge in [0.1, 0.15) is 23.2 Å². The molecule has 42 heavy (non-hydrogen) atoms. The molecule has 0 aliphatic carbocycles. The molecule has 1 spiro atoms. The Balaban J connectivity index is 1.55. The molecule has 0 radical (unpaired) electrons. The number of aliphatic hydroxyl groups is 1. The van der Waals surface area contributed by atoms with E-state index >= 15 is 0 Å². The van der Waals surface area contributed by atoms with Gasteiger partial charge < -0.3 is 24.4 Å². The molecular weight excluding hydrogens is 556 g/mol. The van der Waals surface area contributed by atoms with Gasteiger partial charge in [-0.05, 0) is 55.5 Å². The highest BCUT2D eigenvalue weighted by molar-refractivity contribution is 6.30. The summed E-state index contributed by atoms with van der Waals surface area (Å²) in [6.45, 7) is 2.00. The molecule has 2 fully saturated rings. The van der Waals surface area contributed by atoms with Gasteiger partial charge in [0, 0.05) is 17.3 Å². The SMILES string of the molecule is CC[C@]12/C=C\CCCCOC(=O)[C@H]1[C@H]1C(=O)N([C@H](CO)c3ccccc3)C3C(=O)N(c4ccc(Cl)cc4)CC=C[C@@]31O2. The number of fused-ring (bicyclic) bond motifs is 2. The molecule has 4 aliphatic heterocycles. The fourth-order valence-electron chi connectivity index (χ4n) is 7.20. The molecule has 0 saturated carbocycles. The van der Waals surface area contributed by atoms with Crippen LogP contribution in [0.2, 0.25) is 5.02 Å². The van der Waals surface area contributed by atoms with E-state index in [-0.39, 0.29) is 19.1 Å². The molecule has 0 aromatic heterocycles. The molecular formula is C33H35ClN2O6. The first kappa shape index (κ1) is 28.6. The lowest BCUT2D eigenvalue weighted by Gasteiger charge is -2.41. The summed E-state index contributed by atoms with van der Waals surface area (Å²) in [6.07, 6.45) is 10.3. The molecule has 2 aromatic carbocycles. The number of likely N-dealkylation sites (tertiary alicyclic amines) is 1. The standard InChI is InChI=1S/C33H35ClN2O6/c1-2-32-17-8-3-4-9-20-41-31(40)27(32)26-29(38)36(25(21-37)22-11-6-5-7-12-22)28-30(39)35(19-10-18-33(26,28)42-32)24-15-13-23(34)14-16-24/h5-8,10-18,25-28,37H,2-4,9,19-21H2,1H3/b17-8-/t25-,26+,27-,28?,32+,33+/m1/s1. The van der Waals surface area contributed by atoms with Gasteiger partial charge in [0.15, 0.2) is 0 Å². The first-order valence-corrected chi connectivity index (χ1v) is 15.0. The van der Waals surface area contributed by atoms with Crippen molar-refractivity contribution in [2.45, 2.75) is 55.9 Å². The van der Waals surface area contributed by atoms with Crippen molar-refractivity contribution >= 4 is 35.1 Å². The second-order valence-corrected chi connectivity index (χ2v) is 11.8. The number of anilines is 1. The van der Waals surface area contributed by atoms with Crippen molar-refractivity contribution < 1.29 is 29.0 Å². The number of cyclic esters (lactones) is 1. The average Bonchev–Trinajstić information content (AvgIpc) is 3.36. The zero-order valence-corrected chi connectivity index (χ0v) is 24.3. The van der Waals surface area contributed by atoms with Crippen LogP contribution in [0.15, 0.2) is 78.9 Å². The Kier molecular flexibility index (Phi) is 7.72. The normalized spacial score (nSPS) is 32.5. The Morgan fingerprint density at radius 1 is 0.976 bits per heavy atom. The van der Waals surface area contributed by atoms with Crippen LogP contribution in [0.25, 0.3) is 0 Å². The summed E-state index contributed by atoms with van der Waals surface area (Å²) in [4.78, 5) is 46.4. The number of benzene rings is 2. The second kappa shape index (κ2) is 11.3. The number of carbonyl (C=O) groups excluding carboxylic acids is 3. The summed E-state index contributed by atoms with van der Waals surface area (Å²) in [6, 6.07) is 14.1. The van der Waals surface area contributed by atoms with E-state index in [1.807, 2.05) is 55.5 Å². The highest BCUT2D eigenvalue weighted by Crippen LogP contribution is 2.59. The number of carbonyl (C=O) groups is 3. The smallest absolute Gasteiger partial charge is 0.313 e. The Labute approximate surface area is 250 Å². The maximum atomic E-state index is 14.8. The van der Waals surface area contributed by atoms with Gasteiger partial charge in [0.25, 0.3) is 5.91 Å². The van der Waals surface area contributed by atoms with E-state index in [4.69, 9.17) is 21.1 Å². The quantitative estimate of drug-likeness (QED) is 0.403. The van der Waals surface area contributed by atoms with E-state index in [0.717, 1.165) is 19.3 Å². The first-order chi connectivity index (χ1) is 20.4. The third-order valence-corrected chi connectivity index (χ3v) is 9.40. The van der Waals surface area contributed by atoms with Crippen LogP contribution in [0, 0.1) is 11.8 Å². The summed E-state index contributed by atoms with van der Waals surface area (Å²) in [5, 5.41) is 11.3. The van der Waals surface area contributed by atoms with Gasteiger partial charge in [-0.2, -0.15) is 0 Å². The highest BCUT2D eigenvalue weighted by Gasteiger charge is 2.76. The molecule has 4 aliphatic rings. The maximum absolute atomic E-state index is 14.8. The molecule has 220 valence electrons. The predicted molar refractivity (Wildman–Crippen MR) is 158 cm³/mol. The minimum absolute atomic E-state index is 0.232. The number of aliphatic hydroxyl groups excluding tert-OH is 1. The lowest BCUT2D eigenvalue weighted by atomic mass is 9.73. The summed E-state index contributed by atoms with van der Waals surface area (Å²) in [5.41, 5.74) is -1.31. The van der Waals surface area contributed by atoms with Crippen LogP contribution in [-0.4, -0.2) is 64.8 Å². The van der Waals surface area contributed by atoms with Gasteiger partial charge in [0.05, 0.1) is 25.2 Å². The molecule has 0 bridgehead atoms. The molecule has 6 rings (SSSR count). The molecule has 1 N–H and O–H groups in total. The molecule has 6 atom stereocenters.